The highest BCUT2D eigenvalue weighted by Gasteiger charge is 2.23. The molecule has 1 saturated carbocycles. The van der Waals surface area contributed by atoms with E-state index in [1.54, 1.807) is 0 Å². The summed E-state index contributed by atoms with van der Waals surface area (Å²) in [6.07, 6.45) is 4.67. The molecule has 0 aromatic heterocycles. The molecule has 1 atom stereocenters. The van der Waals surface area contributed by atoms with Crippen molar-refractivity contribution in [2.24, 2.45) is 5.92 Å². The van der Waals surface area contributed by atoms with E-state index in [1.807, 2.05) is 24.3 Å². The normalized spacial score (nSPS) is 21.2. The number of amides is 1. The van der Waals surface area contributed by atoms with Gasteiger partial charge in [0.25, 0.3) is 5.91 Å². The van der Waals surface area contributed by atoms with E-state index in [0.29, 0.717) is 17.2 Å². The molecule has 1 amide bonds. The summed E-state index contributed by atoms with van der Waals surface area (Å²) in [5, 5.41) is 6.41. The van der Waals surface area contributed by atoms with Crippen molar-refractivity contribution in [3.63, 3.8) is 0 Å². The molecular formula is C16H23ClN2O2. The van der Waals surface area contributed by atoms with Crippen molar-refractivity contribution in [1.82, 2.24) is 10.6 Å². The van der Waals surface area contributed by atoms with Crippen LogP contribution in [-0.4, -0.2) is 31.6 Å². The minimum atomic E-state index is -0.0231. The van der Waals surface area contributed by atoms with Gasteiger partial charge in [0.2, 0.25) is 0 Å². The lowest BCUT2D eigenvalue weighted by Gasteiger charge is -2.24. The number of carbonyl (C=O) groups excluding carboxylic acids is 1. The van der Waals surface area contributed by atoms with Gasteiger partial charge in [0, 0.05) is 12.6 Å². The minimum absolute atomic E-state index is 0. The predicted octanol–water partition coefficient (Wildman–Crippen LogP) is 2.38. The third-order valence-corrected chi connectivity index (χ3v) is 3.94. The zero-order valence-corrected chi connectivity index (χ0v) is 13.0. The lowest BCUT2D eigenvalue weighted by Crippen LogP contribution is -2.45. The lowest BCUT2D eigenvalue weighted by atomic mass is 10.1. The highest BCUT2D eigenvalue weighted by Crippen LogP contribution is 2.30. The molecule has 1 heterocycles. The summed E-state index contributed by atoms with van der Waals surface area (Å²) in [5.74, 6) is 1.37. The van der Waals surface area contributed by atoms with Crippen LogP contribution in [0.25, 0.3) is 0 Å². The maximum Gasteiger partial charge on any atom is 0.255 e. The van der Waals surface area contributed by atoms with E-state index in [0.717, 1.165) is 32.5 Å². The van der Waals surface area contributed by atoms with Gasteiger partial charge in [0.05, 0.1) is 12.2 Å². The number of rotatable bonds is 5. The van der Waals surface area contributed by atoms with Gasteiger partial charge in [-0.1, -0.05) is 12.1 Å². The molecule has 2 fully saturated rings. The zero-order chi connectivity index (χ0) is 13.8. The van der Waals surface area contributed by atoms with E-state index in [1.165, 1.54) is 12.8 Å². The molecule has 0 unspecified atom stereocenters. The summed E-state index contributed by atoms with van der Waals surface area (Å²) < 4.78 is 5.79. The van der Waals surface area contributed by atoms with Crippen LogP contribution in [0.1, 0.15) is 36.0 Å². The van der Waals surface area contributed by atoms with Crippen LogP contribution < -0.4 is 15.4 Å². The van der Waals surface area contributed by atoms with Crippen molar-refractivity contribution in [2.45, 2.75) is 31.7 Å². The van der Waals surface area contributed by atoms with Crippen LogP contribution in [0.15, 0.2) is 24.3 Å². The fourth-order valence-electron chi connectivity index (χ4n) is 2.51. The molecular weight excluding hydrogens is 288 g/mol. The van der Waals surface area contributed by atoms with Gasteiger partial charge in [0.1, 0.15) is 5.75 Å². The largest absolute Gasteiger partial charge is 0.492 e. The molecule has 1 aliphatic heterocycles. The van der Waals surface area contributed by atoms with Crippen LogP contribution in [0, 0.1) is 5.92 Å². The second-order valence-electron chi connectivity index (χ2n) is 5.77. The first-order valence-electron chi connectivity index (χ1n) is 7.56. The van der Waals surface area contributed by atoms with Crippen LogP contribution in [0.4, 0.5) is 0 Å². The first-order valence-corrected chi connectivity index (χ1v) is 7.56. The number of halogens is 1. The number of ether oxygens (including phenoxy) is 1. The van der Waals surface area contributed by atoms with Gasteiger partial charge in [0.15, 0.2) is 0 Å². The third-order valence-electron chi connectivity index (χ3n) is 3.94. The first-order chi connectivity index (χ1) is 9.83. The number of para-hydroxylation sites is 1. The van der Waals surface area contributed by atoms with Gasteiger partial charge >= 0.3 is 0 Å². The van der Waals surface area contributed by atoms with Crippen molar-refractivity contribution in [2.75, 3.05) is 19.7 Å². The van der Waals surface area contributed by atoms with Crippen molar-refractivity contribution in [3.05, 3.63) is 29.8 Å². The summed E-state index contributed by atoms with van der Waals surface area (Å²) in [7, 11) is 0. The number of hydrogen-bond acceptors (Lipinski definition) is 3. The molecule has 1 saturated heterocycles. The number of carbonyl (C=O) groups is 1. The summed E-state index contributed by atoms with van der Waals surface area (Å²) >= 11 is 0. The molecule has 5 heteroatoms. The molecule has 2 N–H and O–H groups in total. The molecule has 1 aliphatic carbocycles. The zero-order valence-electron chi connectivity index (χ0n) is 12.1. The Morgan fingerprint density at radius 3 is 2.81 bits per heavy atom. The van der Waals surface area contributed by atoms with E-state index in [2.05, 4.69) is 10.6 Å². The van der Waals surface area contributed by atoms with E-state index < -0.39 is 0 Å². The van der Waals surface area contributed by atoms with Gasteiger partial charge in [-0.05, 0) is 50.3 Å². The summed E-state index contributed by atoms with van der Waals surface area (Å²) in [4.78, 5) is 12.4. The number of benzene rings is 1. The Bertz CT molecular complexity index is 471. The fraction of sp³-hybridized carbons (Fsp3) is 0.562. The summed E-state index contributed by atoms with van der Waals surface area (Å²) in [6, 6.07) is 7.76. The molecule has 1 aromatic carbocycles. The Balaban J connectivity index is 0.00000161. The van der Waals surface area contributed by atoms with Crippen LogP contribution in [0.2, 0.25) is 0 Å². The lowest BCUT2D eigenvalue weighted by molar-refractivity contribution is 0.0926. The van der Waals surface area contributed by atoms with Crippen LogP contribution >= 0.6 is 12.4 Å². The van der Waals surface area contributed by atoms with Gasteiger partial charge < -0.3 is 15.4 Å². The van der Waals surface area contributed by atoms with Gasteiger partial charge in [-0.3, -0.25) is 4.79 Å². The van der Waals surface area contributed by atoms with Gasteiger partial charge in [-0.15, -0.1) is 12.4 Å². The van der Waals surface area contributed by atoms with Crippen molar-refractivity contribution in [1.29, 1.82) is 0 Å². The quantitative estimate of drug-likeness (QED) is 0.878. The Labute approximate surface area is 132 Å². The van der Waals surface area contributed by atoms with Crippen molar-refractivity contribution >= 4 is 18.3 Å². The number of hydrogen-bond donors (Lipinski definition) is 2. The average Bonchev–Trinajstić information content (AvgIpc) is 3.31. The summed E-state index contributed by atoms with van der Waals surface area (Å²) in [6.45, 7) is 2.64. The third kappa shape index (κ3) is 4.61. The Morgan fingerprint density at radius 2 is 2.10 bits per heavy atom. The molecule has 0 bridgehead atoms. The highest BCUT2D eigenvalue weighted by molar-refractivity contribution is 5.97. The van der Waals surface area contributed by atoms with Gasteiger partial charge in [-0.2, -0.15) is 0 Å². The topological polar surface area (TPSA) is 50.4 Å². The standard InChI is InChI=1S/C16H22N2O2.ClH/c19-16(18-13-4-3-9-17-10-13)14-5-1-2-6-15(14)20-11-12-7-8-12;/h1-2,5-6,12-13,17H,3-4,7-11H2,(H,18,19);1H/t13-;/m0./s1. The van der Waals surface area contributed by atoms with Crippen molar-refractivity contribution in [3.8, 4) is 5.75 Å². The molecule has 21 heavy (non-hydrogen) atoms. The highest BCUT2D eigenvalue weighted by atomic mass is 35.5. The van der Waals surface area contributed by atoms with E-state index in [9.17, 15) is 4.79 Å². The van der Waals surface area contributed by atoms with Crippen LogP contribution in [0.5, 0.6) is 5.75 Å². The Kier molecular flexibility index (Phi) is 5.88. The maximum atomic E-state index is 12.4. The Hall–Kier alpha value is -1.26. The van der Waals surface area contributed by atoms with Crippen LogP contribution in [-0.2, 0) is 0 Å². The molecule has 0 spiro atoms. The number of piperidine rings is 1. The Morgan fingerprint density at radius 1 is 1.29 bits per heavy atom. The second-order valence-corrected chi connectivity index (χ2v) is 5.77. The van der Waals surface area contributed by atoms with Gasteiger partial charge in [-0.25, -0.2) is 0 Å². The molecule has 3 rings (SSSR count). The number of nitrogens with one attached hydrogen (secondary N) is 2. The predicted molar refractivity (Wildman–Crippen MR) is 85.3 cm³/mol. The SMILES string of the molecule is Cl.O=C(N[C@H]1CCCNC1)c1ccccc1OCC1CC1. The smallest absolute Gasteiger partial charge is 0.255 e. The summed E-state index contributed by atoms with van der Waals surface area (Å²) in [5.41, 5.74) is 0.652. The average molecular weight is 311 g/mol. The van der Waals surface area contributed by atoms with E-state index in [-0.39, 0.29) is 24.4 Å². The monoisotopic (exact) mass is 310 g/mol. The molecule has 4 nitrogen and oxygen atoms in total. The molecule has 2 aliphatic rings. The first kappa shape index (κ1) is 16.1. The maximum absolute atomic E-state index is 12.4. The van der Waals surface area contributed by atoms with Crippen LogP contribution in [0.3, 0.4) is 0 Å². The molecule has 1 aromatic rings. The minimum Gasteiger partial charge on any atom is -0.492 e. The van der Waals surface area contributed by atoms with Crippen molar-refractivity contribution < 1.29 is 9.53 Å². The van der Waals surface area contributed by atoms with E-state index in [4.69, 9.17) is 4.74 Å². The second kappa shape index (κ2) is 7.66. The molecule has 116 valence electrons. The van der Waals surface area contributed by atoms with E-state index >= 15 is 0 Å². The molecule has 0 radical (unpaired) electrons. The fourth-order valence-corrected chi connectivity index (χ4v) is 2.51.